The van der Waals surface area contributed by atoms with Crippen LogP contribution >= 0.6 is 0 Å². The van der Waals surface area contributed by atoms with E-state index in [1.54, 1.807) is 0 Å². The molecule has 1 aromatic heterocycles. The van der Waals surface area contributed by atoms with E-state index in [9.17, 15) is 9.59 Å². The second kappa shape index (κ2) is 6.72. The molecule has 3 fully saturated rings. The monoisotopic (exact) mass is 358 g/mol. The van der Waals surface area contributed by atoms with E-state index in [2.05, 4.69) is 21.8 Å². The number of nitrogens with zero attached hydrogens (tertiary/aromatic N) is 3. The largest absolute Gasteiger partial charge is 0.365 e. The quantitative estimate of drug-likeness (QED) is 0.878. The molecule has 2 amide bonds. The number of hydrogen-bond acceptors (Lipinski definition) is 3. The molecule has 3 aliphatic heterocycles. The third-order valence-electron chi connectivity index (χ3n) is 6.80. The number of aromatic amines is 1. The van der Waals surface area contributed by atoms with Crippen LogP contribution in [0.4, 0.5) is 0 Å². The smallest absolute Gasteiger partial charge is 0.255 e. The van der Waals surface area contributed by atoms with Gasteiger partial charge in [-0.1, -0.05) is 0 Å². The number of hydrogen-bond donors (Lipinski definition) is 1. The van der Waals surface area contributed by atoms with E-state index in [1.165, 1.54) is 0 Å². The predicted molar refractivity (Wildman–Crippen MR) is 99.9 cm³/mol. The van der Waals surface area contributed by atoms with Crippen LogP contribution in [-0.4, -0.2) is 77.3 Å². The summed E-state index contributed by atoms with van der Waals surface area (Å²) >= 11 is 0. The fourth-order valence-electron chi connectivity index (χ4n) is 4.99. The molecular formula is C20H30N4O2. The molecule has 4 heterocycles. The molecular weight excluding hydrogens is 328 g/mol. The van der Waals surface area contributed by atoms with Crippen LogP contribution in [0.1, 0.15) is 48.2 Å². The lowest BCUT2D eigenvalue weighted by Gasteiger charge is -2.49. The Bertz CT molecular complexity index is 690. The molecule has 0 saturated carbocycles. The first-order valence-electron chi connectivity index (χ1n) is 9.89. The lowest BCUT2D eigenvalue weighted by Crippen LogP contribution is -2.55. The van der Waals surface area contributed by atoms with Crippen LogP contribution in [0.3, 0.4) is 0 Å². The summed E-state index contributed by atoms with van der Waals surface area (Å²) in [5.74, 6) is 0.470. The van der Waals surface area contributed by atoms with Gasteiger partial charge in [0.2, 0.25) is 5.91 Å². The molecule has 6 nitrogen and oxygen atoms in total. The first-order valence-corrected chi connectivity index (χ1v) is 9.89. The molecule has 3 aliphatic rings. The fraction of sp³-hybridized carbons (Fsp3) is 0.700. The third-order valence-corrected chi connectivity index (χ3v) is 6.80. The topological polar surface area (TPSA) is 59.7 Å². The van der Waals surface area contributed by atoms with Gasteiger partial charge in [-0.2, -0.15) is 0 Å². The molecule has 26 heavy (non-hydrogen) atoms. The molecule has 1 N–H and O–H groups in total. The summed E-state index contributed by atoms with van der Waals surface area (Å²) in [6.07, 6.45) is 6.59. The molecule has 0 aromatic carbocycles. The predicted octanol–water partition coefficient (Wildman–Crippen LogP) is 1.87. The van der Waals surface area contributed by atoms with Gasteiger partial charge in [0, 0.05) is 50.5 Å². The van der Waals surface area contributed by atoms with Gasteiger partial charge >= 0.3 is 0 Å². The Morgan fingerprint density at radius 1 is 1.23 bits per heavy atom. The molecule has 0 bridgehead atoms. The maximum Gasteiger partial charge on any atom is 0.255 e. The highest BCUT2D eigenvalue weighted by Crippen LogP contribution is 2.41. The van der Waals surface area contributed by atoms with Crippen LogP contribution in [-0.2, 0) is 4.79 Å². The van der Waals surface area contributed by atoms with Gasteiger partial charge in [0.05, 0.1) is 5.56 Å². The van der Waals surface area contributed by atoms with Crippen molar-refractivity contribution >= 4 is 11.8 Å². The van der Waals surface area contributed by atoms with Crippen molar-refractivity contribution in [3.05, 3.63) is 23.5 Å². The molecule has 3 saturated heterocycles. The zero-order valence-electron chi connectivity index (χ0n) is 16.0. The Morgan fingerprint density at radius 2 is 2.00 bits per heavy atom. The Kier molecular flexibility index (Phi) is 4.55. The molecule has 1 aromatic rings. The Morgan fingerprint density at radius 3 is 2.62 bits per heavy atom. The fourth-order valence-corrected chi connectivity index (χ4v) is 4.99. The normalized spacial score (nSPS) is 26.7. The van der Waals surface area contributed by atoms with Crippen LogP contribution in [0.25, 0.3) is 0 Å². The Balaban J connectivity index is 1.40. The van der Waals surface area contributed by atoms with Crippen LogP contribution in [0.5, 0.6) is 0 Å². The second-order valence-corrected chi connectivity index (χ2v) is 8.53. The number of H-pyrrole nitrogens is 1. The average Bonchev–Trinajstić information content (AvgIpc) is 3.26. The molecule has 0 radical (unpaired) electrons. The SMILES string of the molecule is Cc1[nH]ccc1C(=O)N1CCC2(CCC(=O)N([C@H]3CCN(C)C3)C2)CC1. The summed E-state index contributed by atoms with van der Waals surface area (Å²) in [5, 5.41) is 0. The van der Waals surface area contributed by atoms with E-state index < -0.39 is 0 Å². The summed E-state index contributed by atoms with van der Waals surface area (Å²) in [4.78, 5) is 34.8. The number of likely N-dealkylation sites (tertiary alicyclic amines) is 3. The van der Waals surface area contributed by atoms with E-state index in [-0.39, 0.29) is 11.3 Å². The molecule has 142 valence electrons. The summed E-state index contributed by atoms with van der Waals surface area (Å²) in [6.45, 7) is 6.52. The van der Waals surface area contributed by atoms with Gasteiger partial charge in [-0.3, -0.25) is 9.59 Å². The summed E-state index contributed by atoms with van der Waals surface area (Å²) < 4.78 is 0. The van der Waals surface area contributed by atoms with Gasteiger partial charge in [-0.25, -0.2) is 0 Å². The molecule has 1 spiro atoms. The van der Waals surface area contributed by atoms with Gasteiger partial charge in [0.15, 0.2) is 0 Å². The van der Waals surface area contributed by atoms with Gasteiger partial charge in [-0.05, 0) is 57.7 Å². The van der Waals surface area contributed by atoms with Gasteiger partial charge in [0.25, 0.3) is 5.91 Å². The van der Waals surface area contributed by atoms with Gasteiger partial charge in [0.1, 0.15) is 0 Å². The molecule has 0 unspecified atom stereocenters. The van der Waals surface area contributed by atoms with E-state index in [4.69, 9.17) is 0 Å². The maximum atomic E-state index is 12.8. The van der Waals surface area contributed by atoms with Crippen LogP contribution in [0, 0.1) is 12.3 Å². The summed E-state index contributed by atoms with van der Waals surface area (Å²) in [7, 11) is 2.14. The molecule has 1 atom stereocenters. The van der Waals surface area contributed by atoms with Crippen molar-refractivity contribution in [1.82, 2.24) is 19.7 Å². The zero-order valence-corrected chi connectivity index (χ0v) is 16.0. The minimum absolute atomic E-state index is 0.139. The lowest BCUT2D eigenvalue weighted by molar-refractivity contribution is -0.141. The summed E-state index contributed by atoms with van der Waals surface area (Å²) in [5.41, 5.74) is 1.93. The van der Waals surface area contributed by atoms with Crippen molar-refractivity contribution in [2.24, 2.45) is 5.41 Å². The van der Waals surface area contributed by atoms with E-state index in [0.29, 0.717) is 18.4 Å². The number of aromatic nitrogens is 1. The van der Waals surface area contributed by atoms with E-state index in [1.807, 2.05) is 24.1 Å². The molecule has 0 aliphatic carbocycles. The van der Waals surface area contributed by atoms with Crippen molar-refractivity contribution in [2.75, 3.05) is 39.8 Å². The first-order chi connectivity index (χ1) is 12.5. The lowest BCUT2D eigenvalue weighted by atomic mass is 9.72. The number of aryl methyl sites for hydroxylation is 1. The van der Waals surface area contributed by atoms with Crippen molar-refractivity contribution in [2.45, 2.75) is 45.1 Å². The number of carbonyl (C=O) groups is 2. The standard InChI is InChI=1S/C20H30N4O2/c1-15-17(4-9-21-15)19(26)23-11-7-20(8-12-23)6-3-18(25)24(14-20)16-5-10-22(2)13-16/h4,9,16,21H,3,5-8,10-14H2,1-2H3/t16-/m0/s1. The van der Waals surface area contributed by atoms with Crippen LogP contribution < -0.4 is 0 Å². The number of likely N-dealkylation sites (N-methyl/N-ethyl adjacent to an activating group) is 1. The maximum absolute atomic E-state index is 12.8. The highest BCUT2D eigenvalue weighted by atomic mass is 16.2. The van der Waals surface area contributed by atoms with Crippen molar-refractivity contribution < 1.29 is 9.59 Å². The van der Waals surface area contributed by atoms with Crippen LogP contribution in [0.15, 0.2) is 12.3 Å². The van der Waals surface area contributed by atoms with Crippen molar-refractivity contribution in [1.29, 1.82) is 0 Å². The number of carbonyl (C=O) groups excluding carboxylic acids is 2. The van der Waals surface area contributed by atoms with Crippen LogP contribution in [0.2, 0.25) is 0 Å². The minimum atomic E-state index is 0.139. The second-order valence-electron chi connectivity index (χ2n) is 8.53. The number of rotatable bonds is 2. The average molecular weight is 358 g/mol. The number of piperidine rings is 2. The molecule has 6 heteroatoms. The number of amides is 2. The van der Waals surface area contributed by atoms with E-state index >= 15 is 0 Å². The minimum Gasteiger partial charge on any atom is -0.365 e. The van der Waals surface area contributed by atoms with Crippen molar-refractivity contribution in [3.63, 3.8) is 0 Å². The van der Waals surface area contributed by atoms with Gasteiger partial charge in [-0.15, -0.1) is 0 Å². The Labute approximate surface area is 155 Å². The van der Waals surface area contributed by atoms with Gasteiger partial charge < -0.3 is 19.7 Å². The highest BCUT2D eigenvalue weighted by Gasteiger charge is 2.44. The highest BCUT2D eigenvalue weighted by molar-refractivity contribution is 5.95. The van der Waals surface area contributed by atoms with Crippen molar-refractivity contribution in [3.8, 4) is 0 Å². The number of nitrogens with one attached hydrogen (secondary N) is 1. The molecule has 4 rings (SSSR count). The Hall–Kier alpha value is -1.82. The third kappa shape index (κ3) is 3.15. The zero-order chi connectivity index (χ0) is 18.3. The van der Waals surface area contributed by atoms with E-state index in [0.717, 1.165) is 69.7 Å². The summed E-state index contributed by atoms with van der Waals surface area (Å²) in [6, 6.07) is 2.26. The first kappa shape index (κ1) is 17.6.